The molecule has 2 nitrogen and oxygen atoms in total. The maximum absolute atomic E-state index is 5.20. The standard InChI is InChI=1S/C16H20N2S/c1-10-11(2)15(19)18-17-14(10)12-6-8-13(9-7-12)16(3,4)5/h6-9H,1-5H3,(H,18,19). The smallest absolute Gasteiger partial charge is 0.122 e. The van der Waals surface area contributed by atoms with Gasteiger partial charge in [0.05, 0.1) is 5.69 Å². The second kappa shape index (κ2) is 4.89. The van der Waals surface area contributed by atoms with Gasteiger partial charge in [-0.3, -0.25) is 5.10 Å². The molecule has 3 heteroatoms. The minimum absolute atomic E-state index is 0.174. The zero-order valence-corrected chi connectivity index (χ0v) is 13.0. The Hall–Kier alpha value is -1.48. The van der Waals surface area contributed by atoms with Crippen LogP contribution in [0.4, 0.5) is 0 Å². The van der Waals surface area contributed by atoms with Gasteiger partial charge in [0.2, 0.25) is 0 Å². The third-order valence-corrected chi connectivity index (χ3v) is 3.95. The summed E-state index contributed by atoms with van der Waals surface area (Å²) < 4.78 is 0.715. The molecule has 0 atom stereocenters. The van der Waals surface area contributed by atoms with Crippen molar-refractivity contribution in [3.05, 3.63) is 45.6 Å². The molecular weight excluding hydrogens is 252 g/mol. The molecule has 0 aliphatic carbocycles. The van der Waals surface area contributed by atoms with E-state index >= 15 is 0 Å². The van der Waals surface area contributed by atoms with Crippen molar-refractivity contribution >= 4 is 12.2 Å². The van der Waals surface area contributed by atoms with E-state index in [-0.39, 0.29) is 5.41 Å². The number of aromatic amines is 1. The maximum atomic E-state index is 5.20. The second-order valence-electron chi connectivity index (χ2n) is 5.98. The van der Waals surface area contributed by atoms with Crippen LogP contribution in [0.25, 0.3) is 11.3 Å². The van der Waals surface area contributed by atoms with E-state index in [0.29, 0.717) is 4.64 Å². The highest BCUT2D eigenvalue weighted by atomic mass is 32.1. The lowest BCUT2D eigenvalue weighted by atomic mass is 9.86. The third kappa shape index (κ3) is 2.76. The van der Waals surface area contributed by atoms with Crippen molar-refractivity contribution in [2.75, 3.05) is 0 Å². The molecule has 0 saturated heterocycles. The van der Waals surface area contributed by atoms with Crippen molar-refractivity contribution in [3.8, 4) is 11.3 Å². The summed E-state index contributed by atoms with van der Waals surface area (Å²) >= 11 is 5.20. The Kier molecular flexibility index (Phi) is 3.59. The predicted octanol–water partition coefficient (Wildman–Crippen LogP) is 4.72. The first-order valence-corrected chi connectivity index (χ1v) is 6.88. The fourth-order valence-corrected chi connectivity index (χ4v) is 2.23. The van der Waals surface area contributed by atoms with E-state index in [1.165, 1.54) is 5.56 Å². The molecule has 100 valence electrons. The quantitative estimate of drug-likeness (QED) is 0.761. The minimum atomic E-state index is 0.174. The SMILES string of the molecule is Cc1c(-c2ccc(C(C)(C)C)cc2)n[nH]c(=S)c1C. The van der Waals surface area contributed by atoms with Crippen LogP contribution in [0.2, 0.25) is 0 Å². The van der Waals surface area contributed by atoms with Crippen LogP contribution >= 0.6 is 12.2 Å². The average Bonchev–Trinajstić information content (AvgIpc) is 2.35. The first-order chi connectivity index (χ1) is 8.80. The fourth-order valence-electron chi connectivity index (χ4n) is 2.03. The molecule has 0 aliphatic rings. The zero-order valence-electron chi connectivity index (χ0n) is 12.2. The summed E-state index contributed by atoms with van der Waals surface area (Å²) in [6.45, 7) is 10.8. The lowest BCUT2D eigenvalue weighted by Crippen LogP contribution is -2.10. The Labute approximate surface area is 119 Å². The summed E-state index contributed by atoms with van der Waals surface area (Å²) in [5, 5.41) is 7.29. The second-order valence-corrected chi connectivity index (χ2v) is 6.39. The van der Waals surface area contributed by atoms with Gasteiger partial charge in [0.1, 0.15) is 4.64 Å². The molecule has 2 aromatic rings. The molecule has 0 spiro atoms. The summed E-state index contributed by atoms with van der Waals surface area (Å²) in [4.78, 5) is 0. The van der Waals surface area contributed by atoms with Gasteiger partial charge in [-0.1, -0.05) is 57.3 Å². The van der Waals surface area contributed by atoms with Crippen LogP contribution in [0.3, 0.4) is 0 Å². The van der Waals surface area contributed by atoms with Gasteiger partial charge < -0.3 is 0 Å². The van der Waals surface area contributed by atoms with E-state index < -0.39 is 0 Å². The van der Waals surface area contributed by atoms with Gasteiger partial charge in [-0.2, -0.15) is 5.10 Å². The number of benzene rings is 1. The lowest BCUT2D eigenvalue weighted by molar-refractivity contribution is 0.590. The van der Waals surface area contributed by atoms with E-state index in [1.54, 1.807) is 0 Å². The van der Waals surface area contributed by atoms with Crippen LogP contribution in [0.5, 0.6) is 0 Å². The molecule has 0 amide bonds. The van der Waals surface area contributed by atoms with Gasteiger partial charge in [0.25, 0.3) is 0 Å². The van der Waals surface area contributed by atoms with Gasteiger partial charge in [-0.05, 0) is 36.0 Å². The number of nitrogens with zero attached hydrogens (tertiary/aromatic N) is 1. The molecule has 0 bridgehead atoms. The molecule has 0 unspecified atom stereocenters. The van der Waals surface area contributed by atoms with Crippen molar-refractivity contribution in [2.24, 2.45) is 0 Å². The monoisotopic (exact) mass is 272 g/mol. The normalized spacial score (nSPS) is 11.6. The molecule has 1 aromatic heterocycles. The lowest BCUT2D eigenvalue weighted by Gasteiger charge is -2.19. The van der Waals surface area contributed by atoms with Crippen LogP contribution < -0.4 is 0 Å². The van der Waals surface area contributed by atoms with Gasteiger partial charge in [-0.15, -0.1) is 0 Å². The highest BCUT2D eigenvalue weighted by Crippen LogP contribution is 2.27. The molecule has 1 aromatic carbocycles. The largest absolute Gasteiger partial charge is 0.267 e. The summed E-state index contributed by atoms with van der Waals surface area (Å²) in [5.74, 6) is 0. The Morgan fingerprint density at radius 3 is 2.11 bits per heavy atom. The van der Waals surface area contributed by atoms with Crippen molar-refractivity contribution < 1.29 is 0 Å². The zero-order chi connectivity index (χ0) is 14.2. The summed E-state index contributed by atoms with van der Waals surface area (Å²) in [6.07, 6.45) is 0. The number of rotatable bonds is 1. The van der Waals surface area contributed by atoms with Crippen LogP contribution in [0.1, 0.15) is 37.5 Å². The van der Waals surface area contributed by atoms with Crippen LogP contribution in [-0.4, -0.2) is 10.2 Å². The number of hydrogen-bond donors (Lipinski definition) is 1. The van der Waals surface area contributed by atoms with Gasteiger partial charge >= 0.3 is 0 Å². The minimum Gasteiger partial charge on any atom is -0.267 e. The Balaban J connectivity index is 2.49. The molecule has 0 saturated carbocycles. The van der Waals surface area contributed by atoms with E-state index in [2.05, 4.69) is 62.2 Å². The number of nitrogens with one attached hydrogen (secondary N) is 1. The van der Waals surface area contributed by atoms with E-state index in [9.17, 15) is 0 Å². The first kappa shape index (κ1) is 13.9. The number of H-pyrrole nitrogens is 1. The van der Waals surface area contributed by atoms with Crippen LogP contribution in [-0.2, 0) is 5.41 Å². The fraction of sp³-hybridized carbons (Fsp3) is 0.375. The topological polar surface area (TPSA) is 28.7 Å². The summed E-state index contributed by atoms with van der Waals surface area (Å²) in [6, 6.07) is 8.61. The van der Waals surface area contributed by atoms with Crippen molar-refractivity contribution in [3.63, 3.8) is 0 Å². The predicted molar refractivity (Wildman–Crippen MR) is 83.0 cm³/mol. The molecule has 1 heterocycles. The van der Waals surface area contributed by atoms with E-state index in [1.807, 2.05) is 6.92 Å². The van der Waals surface area contributed by atoms with Gasteiger partial charge in [-0.25, -0.2) is 0 Å². The Morgan fingerprint density at radius 2 is 1.58 bits per heavy atom. The maximum Gasteiger partial charge on any atom is 0.122 e. The summed E-state index contributed by atoms with van der Waals surface area (Å²) in [7, 11) is 0. The molecule has 0 fully saturated rings. The van der Waals surface area contributed by atoms with E-state index in [0.717, 1.165) is 22.4 Å². The summed E-state index contributed by atoms with van der Waals surface area (Å²) in [5.41, 5.74) is 5.85. The molecule has 19 heavy (non-hydrogen) atoms. The highest BCUT2D eigenvalue weighted by molar-refractivity contribution is 7.71. The molecular formula is C16H20N2S. The highest BCUT2D eigenvalue weighted by Gasteiger charge is 2.14. The van der Waals surface area contributed by atoms with E-state index in [4.69, 9.17) is 12.2 Å². The number of aromatic nitrogens is 2. The van der Waals surface area contributed by atoms with Crippen LogP contribution in [0.15, 0.2) is 24.3 Å². The van der Waals surface area contributed by atoms with Gasteiger partial charge in [0.15, 0.2) is 0 Å². The van der Waals surface area contributed by atoms with Gasteiger partial charge in [0, 0.05) is 5.56 Å². The third-order valence-electron chi connectivity index (χ3n) is 3.55. The first-order valence-electron chi connectivity index (χ1n) is 6.47. The number of hydrogen-bond acceptors (Lipinski definition) is 2. The molecule has 0 aliphatic heterocycles. The van der Waals surface area contributed by atoms with Crippen molar-refractivity contribution in [2.45, 2.75) is 40.0 Å². The van der Waals surface area contributed by atoms with Crippen LogP contribution in [0, 0.1) is 18.5 Å². The molecule has 1 N–H and O–H groups in total. The van der Waals surface area contributed by atoms with Crippen molar-refractivity contribution in [1.82, 2.24) is 10.2 Å². The molecule has 2 rings (SSSR count). The Bertz CT molecular complexity index is 646. The molecule has 0 radical (unpaired) electrons. The average molecular weight is 272 g/mol. The Morgan fingerprint density at radius 1 is 1.00 bits per heavy atom. The van der Waals surface area contributed by atoms with Crippen molar-refractivity contribution in [1.29, 1.82) is 0 Å².